The maximum atomic E-state index is 9.00. The maximum absolute atomic E-state index is 9.00. The summed E-state index contributed by atoms with van der Waals surface area (Å²) < 4.78 is 0. The Bertz CT molecular complexity index is 542. The summed E-state index contributed by atoms with van der Waals surface area (Å²) in [5, 5.41) is 14.5. The summed E-state index contributed by atoms with van der Waals surface area (Å²) in [4.78, 5) is 4.09. The molecule has 0 radical (unpaired) electrons. The van der Waals surface area contributed by atoms with Crippen molar-refractivity contribution in [2.24, 2.45) is 5.92 Å². The highest BCUT2D eigenvalue weighted by Crippen LogP contribution is 2.28. The Morgan fingerprint density at radius 3 is 2.95 bits per heavy atom. The normalized spacial score (nSPS) is 12.5. The molecule has 0 aliphatic heterocycles. The van der Waals surface area contributed by atoms with Gasteiger partial charge in [0.1, 0.15) is 0 Å². The van der Waals surface area contributed by atoms with Crippen LogP contribution in [0.5, 0.6) is 0 Å². The first kappa shape index (κ1) is 13.6. The van der Waals surface area contributed by atoms with E-state index in [1.807, 2.05) is 24.4 Å². The van der Waals surface area contributed by atoms with Gasteiger partial charge in [-0.25, -0.2) is 0 Å². The van der Waals surface area contributed by atoms with Crippen LogP contribution in [-0.4, -0.2) is 23.2 Å². The second-order valence-electron chi connectivity index (χ2n) is 4.79. The molecule has 4 heteroatoms. The fourth-order valence-corrected chi connectivity index (χ4v) is 2.23. The Morgan fingerprint density at radius 2 is 2.21 bits per heavy atom. The number of pyridine rings is 1. The average molecular weight is 259 g/mol. The molecule has 1 unspecified atom stereocenters. The van der Waals surface area contributed by atoms with Crippen LogP contribution in [0.15, 0.2) is 30.6 Å². The zero-order valence-electron chi connectivity index (χ0n) is 11.3. The van der Waals surface area contributed by atoms with Crippen molar-refractivity contribution in [1.29, 1.82) is 0 Å². The molecule has 2 aromatic rings. The van der Waals surface area contributed by atoms with Crippen molar-refractivity contribution in [2.75, 3.05) is 24.2 Å². The van der Waals surface area contributed by atoms with Crippen molar-refractivity contribution in [2.45, 2.75) is 19.8 Å². The van der Waals surface area contributed by atoms with E-state index in [1.165, 1.54) is 0 Å². The number of nitrogens with one attached hydrogen (secondary N) is 1. The Balaban J connectivity index is 2.14. The van der Waals surface area contributed by atoms with Crippen molar-refractivity contribution in [3.63, 3.8) is 0 Å². The zero-order chi connectivity index (χ0) is 13.7. The van der Waals surface area contributed by atoms with Gasteiger partial charge in [0.15, 0.2) is 0 Å². The van der Waals surface area contributed by atoms with Crippen LogP contribution in [0.2, 0.25) is 0 Å². The van der Waals surface area contributed by atoms with Gasteiger partial charge in [-0.05, 0) is 24.5 Å². The minimum atomic E-state index is 0.235. The molecule has 0 aliphatic carbocycles. The number of fused-ring (bicyclic) bond motifs is 1. The van der Waals surface area contributed by atoms with E-state index in [9.17, 15) is 0 Å². The van der Waals surface area contributed by atoms with Crippen LogP contribution >= 0.6 is 0 Å². The van der Waals surface area contributed by atoms with Crippen LogP contribution in [0, 0.1) is 5.92 Å². The summed E-state index contributed by atoms with van der Waals surface area (Å²) in [6.07, 6.45) is 5.44. The molecule has 19 heavy (non-hydrogen) atoms. The lowest BCUT2D eigenvalue weighted by molar-refractivity contribution is 0.258. The molecule has 102 valence electrons. The monoisotopic (exact) mass is 259 g/mol. The van der Waals surface area contributed by atoms with Crippen LogP contribution in [0.4, 0.5) is 11.4 Å². The standard InChI is InChI=1S/C15H21N3O/c1-2-11(6-8-19)9-18-14-4-3-12-10-17-7-5-13(12)15(14)16/h3-5,7,10-11,18-19H,2,6,8-9,16H2,1H3. The van der Waals surface area contributed by atoms with Crippen molar-refractivity contribution in [3.8, 4) is 0 Å². The highest BCUT2D eigenvalue weighted by Gasteiger charge is 2.08. The van der Waals surface area contributed by atoms with E-state index >= 15 is 0 Å². The van der Waals surface area contributed by atoms with Gasteiger partial charge in [-0.3, -0.25) is 4.98 Å². The first-order valence-electron chi connectivity index (χ1n) is 6.73. The molecule has 0 spiro atoms. The molecule has 0 fully saturated rings. The Labute approximate surface area is 113 Å². The van der Waals surface area contributed by atoms with E-state index in [-0.39, 0.29) is 6.61 Å². The van der Waals surface area contributed by atoms with Crippen LogP contribution in [0.25, 0.3) is 10.8 Å². The van der Waals surface area contributed by atoms with Crippen molar-refractivity contribution in [1.82, 2.24) is 4.98 Å². The first-order chi connectivity index (χ1) is 9.26. The Hall–Kier alpha value is -1.81. The predicted molar refractivity (Wildman–Crippen MR) is 80.1 cm³/mol. The lowest BCUT2D eigenvalue weighted by Crippen LogP contribution is -2.15. The molecule has 0 saturated carbocycles. The van der Waals surface area contributed by atoms with Crippen LogP contribution in [0.1, 0.15) is 19.8 Å². The molecule has 0 amide bonds. The van der Waals surface area contributed by atoms with E-state index < -0.39 is 0 Å². The minimum Gasteiger partial charge on any atom is -0.397 e. The molecule has 4 nitrogen and oxygen atoms in total. The molecule has 1 aromatic heterocycles. The van der Waals surface area contributed by atoms with Gasteiger partial charge in [-0.15, -0.1) is 0 Å². The number of aromatic nitrogens is 1. The molecule has 1 aromatic carbocycles. The highest BCUT2D eigenvalue weighted by atomic mass is 16.3. The molecule has 1 atom stereocenters. The van der Waals surface area contributed by atoms with Gasteiger partial charge in [-0.2, -0.15) is 0 Å². The number of hydrogen-bond donors (Lipinski definition) is 3. The smallest absolute Gasteiger partial charge is 0.0630 e. The maximum Gasteiger partial charge on any atom is 0.0630 e. The largest absolute Gasteiger partial charge is 0.397 e. The number of aliphatic hydroxyl groups excluding tert-OH is 1. The second kappa shape index (κ2) is 6.38. The summed E-state index contributed by atoms with van der Waals surface area (Å²) >= 11 is 0. The number of anilines is 2. The molecule has 0 bridgehead atoms. The zero-order valence-corrected chi connectivity index (χ0v) is 11.3. The first-order valence-corrected chi connectivity index (χ1v) is 6.73. The quantitative estimate of drug-likeness (QED) is 0.697. The Kier molecular flexibility index (Phi) is 4.58. The van der Waals surface area contributed by atoms with E-state index in [4.69, 9.17) is 10.8 Å². The van der Waals surface area contributed by atoms with Crippen molar-refractivity contribution in [3.05, 3.63) is 30.6 Å². The minimum absolute atomic E-state index is 0.235. The molecular formula is C15H21N3O. The van der Waals surface area contributed by atoms with Crippen molar-refractivity contribution >= 4 is 22.1 Å². The van der Waals surface area contributed by atoms with Crippen molar-refractivity contribution < 1.29 is 5.11 Å². The number of nitrogen functional groups attached to an aromatic ring is 1. The fourth-order valence-electron chi connectivity index (χ4n) is 2.23. The topological polar surface area (TPSA) is 71.2 Å². The summed E-state index contributed by atoms with van der Waals surface area (Å²) in [7, 11) is 0. The van der Waals surface area contributed by atoms with Gasteiger partial charge < -0.3 is 16.2 Å². The number of nitrogens with zero attached hydrogens (tertiary/aromatic N) is 1. The summed E-state index contributed by atoms with van der Waals surface area (Å²) in [6.45, 7) is 3.20. The van der Waals surface area contributed by atoms with Crippen LogP contribution in [-0.2, 0) is 0 Å². The van der Waals surface area contributed by atoms with E-state index in [2.05, 4.69) is 17.2 Å². The van der Waals surface area contributed by atoms with Crippen LogP contribution < -0.4 is 11.1 Å². The van der Waals surface area contributed by atoms with Gasteiger partial charge >= 0.3 is 0 Å². The second-order valence-corrected chi connectivity index (χ2v) is 4.79. The van der Waals surface area contributed by atoms with Gasteiger partial charge in [-0.1, -0.05) is 19.4 Å². The number of nitrogens with two attached hydrogens (primary N) is 1. The predicted octanol–water partition coefficient (Wildman–Crippen LogP) is 2.64. The number of aliphatic hydroxyl groups is 1. The van der Waals surface area contributed by atoms with Gasteiger partial charge in [0.25, 0.3) is 0 Å². The molecule has 4 N–H and O–H groups in total. The highest BCUT2D eigenvalue weighted by molar-refractivity contribution is 5.98. The van der Waals surface area contributed by atoms with E-state index in [1.54, 1.807) is 6.20 Å². The molecular weight excluding hydrogens is 238 g/mol. The summed E-state index contributed by atoms with van der Waals surface area (Å²) in [5.41, 5.74) is 7.90. The van der Waals surface area contributed by atoms with E-state index in [0.29, 0.717) is 5.92 Å². The third kappa shape index (κ3) is 3.15. The molecule has 1 heterocycles. The lowest BCUT2D eigenvalue weighted by Gasteiger charge is -2.17. The molecule has 2 rings (SSSR count). The third-order valence-electron chi connectivity index (χ3n) is 3.56. The Morgan fingerprint density at radius 1 is 1.37 bits per heavy atom. The lowest BCUT2D eigenvalue weighted by atomic mass is 10.0. The van der Waals surface area contributed by atoms with Gasteiger partial charge in [0.05, 0.1) is 11.4 Å². The summed E-state index contributed by atoms with van der Waals surface area (Å²) in [5.74, 6) is 0.470. The SMILES string of the molecule is CCC(CCO)CNc1ccc2cnccc2c1N. The summed E-state index contributed by atoms with van der Waals surface area (Å²) in [6, 6.07) is 5.94. The number of hydrogen-bond acceptors (Lipinski definition) is 4. The average Bonchev–Trinajstić information content (AvgIpc) is 2.45. The van der Waals surface area contributed by atoms with Gasteiger partial charge in [0, 0.05) is 36.3 Å². The van der Waals surface area contributed by atoms with Crippen LogP contribution in [0.3, 0.4) is 0 Å². The number of rotatable bonds is 6. The molecule has 0 saturated heterocycles. The number of benzene rings is 1. The fraction of sp³-hybridized carbons (Fsp3) is 0.400. The van der Waals surface area contributed by atoms with E-state index in [0.717, 1.165) is 41.5 Å². The third-order valence-corrected chi connectivity index (χ3v) is 3.56. The van der Waals surface area contributed by atoms with Gasteiger partial charge in [0.2, 0.25) is 0 Å². The molecule has 0 aliphatic rings.